The highest BCUT2D eigenvalue weighted by atomic mass is 16.5. The molecular weight excluding hydrogens is 378 g/mol. The molecule has 0 spiro atoms. The van der Waals surface area contributed by atoms with Crippen LogP contribution in [-0.2, 0) is 16.0 Å². The van der Waals surface area contributed by atoms with Crippen molar-refractivity contribution in [2.45, 2.75) is 40.2 Å². The van der Waals surface area contributed by atoms with Crippen LogP contribution >= 0.6 is 0 Å². The van der Waals surface area contributed by atoms with E-state index in [9.17, 15) is 9.59 Å². The molecule has 0 aromatic heterocycles. The van der Waals surface area contributed by atoms with E-state index in [0.717, 1.165) is 17.5 Å². The number of rotatable bonds is 10. The topological polar surface area (TPSA) is 79.5 Å². The van der Waals surface area contributed by atoms with Gasteiger partial charge in [0, 0.05) is 6.04 Å². The Hall–Kier alpha value is -2.86. The standard InChI is InChI=1S/C24H33N3O3/c1-6-18-8-10-19(11-9-18)24(16(2)3)26-14-22(28)25-15-23(29)27-20-13-17(4)7-12-21(20)30-5/h7-13,16,24,26H,6,14-15H2,1-5H3,(H,25,28)(H,27,29)/t24-/m1/s1. The molecule has 162 valence electrons. The fraction of sp³-hybridized carbons (Fsp3) is 0.417. The minimum Gasteiger partial charge on any atom is -0.495 e. The van der Waals surface area contributed by atoms with Crippen molar-refractivity contribution < 1.29 is 14.3 Å². The summed E-state index contributed by atoms with van der Waals surface area (Å²) in [6.07, 6.45) is 0.999. The van der Waals surface area contributed by atoms with Gasteiger partial charge in [0.1, 0.15) is 5.75 Å². The fourth-order valence-corrected chi connectivity index (χ4v) is 3.26. The third-order valence-electron chi connectivity index (χ3n) is 4.97. The van der Waals surface area contributed by atoms with Crippen LogP contribution in [0.4, 0.5) is 5.69 Å². The second-order valence-electron chi connectivity index (χ2n) is 7.73. The fourth-order valence-electron chi connectivity index (χ4n) is 3.26. The van der Waals surface area contributed by atoms with E-state index in [1.54, 1.807) is 13.2 Å². The van der Waals surface area contributed by atoms with Gasteiger partial charge in [0.25, 0.3) is 0 Å². The van der Waals surface area contributed by atoms with E-state index < -0.39 is 0 Å². The maximum absolute atomic E-state index is 12.3. The lowest BCUT2D eigenvalue weighted by atomic mass is 9.95. The SMILES string of the molecule is CCc1ccc([C@H](NCC(=O)NCC(=O)Nc2cc(C)ccc2OC)C(C)C)cc1. The number of methoxy groups -OCH3 is 1. The van der Waals surface area contributed by atoms with Crippen LogP contribution in [0.1, 0.15) is 43.5 Å². The van der Waals surface area contributed by atoms with E-state index in [4.69, 9.17) is 4.74 Å². The number of hydrogen-bond donors (Lipinski definition) is 3. The molecule has 6 nitrogen and oxygen atoms in total. The lowest BCUT2D eigenvalue weighted by molar-refractivity contribution is -0.123. The molecule has 2 amide bonds. The summed E-state index contributed by atoms with van der Waals surface area (Å²) in [4.78, 5) is 24.5. The number of carbonyl (C=O) groups is 2. The predicted molar refractivity (Wildman–Crippen MR) is 121 cm³/mol. The van der Waals surface area contributed by atoms with Gasteiger partial charge in [0.05, 0.1) is 25.9 Å². The van der Waals surface area contributed by atoms with E-state index in [0.29, 0.717) is 17.4 Å². The molecule has 6 heteroatoms. The highest BCUT2D eigenvalue weighted by Crippen LogP contribution is 2.25. The summed E-state index contributed by atoms with van der Waals surface area (Å²) in [6.45, 7) is 8.33. The molecule has 2 aromatic rings. The Kier molecular flexibility index (Phi) is 8.87. The Morgan fingerprint density at radius 1 is 1.00 bits per heavy atom. The van der Waals surface area contributed by atoms with Gasteiger partial charge in [-0.1, -0.05) is 51.1 Å². The van der Waals surface area contributed by atoms with Crippen molar-refractivity contribution in [3.63, 3.8) is 0 Å². The summed E-state index contributed by atoms with van der Waals surface area (Å²) in [5.41, 5.74) is 4.03. The lowest BCUT2D eigenvalue weighted by Gasteiger charge is -2.23. The molecule has 3 N–H and O–H groups in total. The Balaban J connectivity index is 1.85. The molecule has 0 radical (unpaired) electrons. The highest BCUT2D eigenvalue weighted by molar-refractivity contribution is 5.96. The van der Waals surface area contributed by atoms with E-state index in [1.165, 1.54) is 5.56 Å². The van der Waals surface area contributed by atoms with Crippen LogP contribution < -0.4 is 20.7 Å². The second kappa shape index (κ2) is 11.4. The molecule has 0 aliphatic heterocycles. The van der Waals surface area contributed by atoms with Crippen LogP contribution in [0.2, 0.25) is 0 Å². The van der Waals surface area contributed by atoms with Gasteiger partial charge in [0.15, 0.2) is 0 Å². The molecule has 0 aliphatic carbocycles. The van der Waals surface area contributed by atoms with Crippen LogP contribution in [0, 0.1) is 12.8 Å². The summed E-state index contributed by atoms with van der Waals surface area (Å²) in [5.74, 6) is 0.373. The van der Waals surface area contributed by atoms with Gasteiger partial charge >= 0.3 is 0 Å². The highest BCUT2D eigenvalue weighted by Gasteiger charge is 2.17. The first-order chi connectivity index (χ1) is 14.3. The van der Waals surface area contributed by atoms with Gasteiger partial charge < -0.3 is 20.7 Å². The molecule has 2 rings (SSSR count). The van der Waals surface area contributed by atoms with Crippen LogP contribution in [0.25, 0.3) is 0 Å². The van der Waals surface area contributed by atoms with E-state index >= 15 is 0 Å². The van der Waals surface area contributed by atoms with Crippen molar-refractivity contribution in [2.24, 2.45) is 5.92 Å². The average molecular weight is 412 g/mol. The van der Waals surface area contributed by atoms with Crippen molar-refractivity contribution in [1.29, 1.82) is 0 Å². The lowest BCUT2D eigenvalue weighted by Crippen LogP contribution is -2.40. The predicted octanol–water partition coefficient (Wildman–Crippen LogP) is 3.61. The smallest absolute Gasteiger partial charge is 0.243 e. The number of hydrogen-bond acceptors (Lipinski definition) is 4. The largest absolute Gasteiger partial charge is 0.495 e. The number of aryl methyl sites for hydroxylation is 2. The summed E-state index contributed by atoms with van der Waals surface area (Å²) in [6, 6.07) is 14.1. The van der Waals surface area contributed by atoms with Gasteiger partial charge in [-0.15, -0.1) is 0 Å². The molecule has 30 heavy (non-hydrogen) atoms. The Morgan fingerprint density at radius 3 is 2.30 bits per heavy atom. The van der Waals surface area contributed by atoms with Crippen molar-refractivity contribution in [3.8, 4) is 5.75 Å². The molecular formula is C24H33N3O3. The van der Waals surface area contributed by atoms with Gasteiger partial charge in [-0.05, 0) is 48.1 Å². The minimum absolute atomic E-state index is 0.0621. The number of anilines is 1. The summed E-state index contributed by atoms with van der Waals surface area (Å²) in [5, 5.41) is 8.75. The summed E-state index contributed by atoms with van der Waals surface area (Å²) < 4.78 is 5.26. The molecule has 1 atom stereocenters. The Morgan fingerprint density at radius 2 is 1.70 bits per heavy atom. The third kappa shape index (κ3) is 6.88. The van der Waals surface area contributed by atoms with Crippen LogP contribution in [0.3, 0.4) is 0 Å². The monoisotopic (exact) mass is 411 g/mol. The maximum atomic E-state index is 12.3. The molecule has 0 bridgehead atoms. The van der Waals surface area contributed by atoms with Gasteiger partial charge in [-0.2, -0.15) is 0 Å². The second-order valence-corrected chi connectivity index (χ2v) is 7.73. The summed E-state index contributed by atoms with van der Waals surface area (Å²) >= 11 is 0. The van der Waals surface area contributed by atoms with Crippen LogP contribution in [-0.4, -0.2) is 32.0 Å². The first kappa shape index (κ1) is 23.4. The quantitative estimate of drug-likeness (QED) is 0.558. The first-order valence-electron chi connectivity index (χ1n) is 10.4. The summed E-state index contributed by atoms with van der Waals surface area (Å²) in [7, 11) is 1.55. The van der Waals surface area contributed by atoms with Gasteiger partial charge in [-0.3, -0.25) is 9.59 Å². The average Bonchev–Trinajstić information content (AvgIpc) is 2.73. The van der Waals surface area contributed by atoms with Crippen LogP contribution in [0.15, 0.2) is 42.5 Å². The molecule has 0 saturated carbocycles. The third-order valence-corrected chi connectivity index (χ3v) is 4.97. The zero-order valence-corrected chi connectivity index (χ0v) is 18.5. The van der Waals surface area contributed by atoms with E-state index in [2.05, 4.69) is 61.0 Å². The number of ether oxygens (including phenoxy) is 1. The number of benzene rings is 2. The maximum Gasteiger partial charge on any atom is 0.243 e. The number of nitrogens with one attached hydrogen (secondary N) is 3. The minimum atomic E-state index is -0.303. The molecule has 0 fully saturated rings. The van der Waals surface area contributed by atoms with Crippen LogP contribution in [0.5, 0.6) is 5.75 Å². The van der Waals surface area contributed by atoms with E-state index in [-0.39, 0.29) is 30.9 Å². The number of amides is 2. The zero-order valence-electron chi connectivity index (χ0n) is 18.5. The zero-order chi connectivity index (χ0) is 22.1. The molecule has 0 unspecified atom stereocenters. The molecule has 2 aromatic carbocycles. The molecule has 0 saturated heterocycles. The van der Waals surface area contributed by atoms with Gasteiger partial charge in [0.2, 0.25) is 11.8 Å². The number of carbonyl (C=O) groups excluding carboxylic acids is 2. The normalized spacial score (nSPS) is 11.8. The van der Waals surface area contributed by atoms with Crippen molar-refractivity contribution in [3.05, 3.63) is 59.2 Å². The Bertz CT molecular complexity index is 847. The van der Waals surface area contributed by atoms with Crippen molar-refractivity contribution in [2.75, 3.05) is 25.5 Å². The van der Waals surface area contributed by atoms with Crippen molar-refractivity contribution in [1.82, 2.24) is 10.6 Å². The molecule has 0 heterocycles. The van der Waals surface area contributed by atoms with Crippen molar-refractivity contribution >= 4 is 17.5 Å². The Labute approximate surface area is 179 Å². The molecule has 0 aliphatic rings. The first-order valence-corrected chi connectivity index (χ1v) is 10.4. The van der Waals surface area contributed by atoms with E-state index in [1.807, 2.05) is 19.1 Å². The van der Waals surface area contributed by atoms with Gasteiger partial charge in [-0.25, -0.2) is 0 Å².